The molecule has 7 heteroatoms. The number of nitrogens with one attached hydrogen (secondary N) is 1. The normalized spacial score (nSPS) is 17.3. The molecule has 2 unspecified atom stereocenters. The summed E-state index contributed by atoms with van der Waals surface area (Å²) in [5.74, 6) is -0.152. The molecule has 132 valence electrons. The number of carbonyl (C=O) groups excluding carboxylic acids is 1. The molecule has 0 spiro atoms. The monoisotopic (exact) mass is 363 g/mol. The van der Waals surface area contributed by atoms with Gasteiger partial charge in [-0.05, 0) is 5.56 Å². The Labute approximate surface area is 150 Å². The van der Waals surface area contributed by atoms with E-state index < -0.39 is 0 Å². The summed E-state index contributed by atoms with van der Waals surface area (Å²) in [6.07, 6.45) is 0. The molecule has 0 aliphatic carbocycles. The van der Waals surface area contributed by atoms with Crippen molar-refractivity contribution in [3.8, 4) is 0 Å². The highest BCUT2D eigenvalue weighted by molar-refractivity contribution is 5.85. The van der Waals surface area contributed by atoms with E-state index in [4.69, 9.17) is 10.5 Å². The van der Waals surface area contributed by atoms with Gasteiger partial charge in [-0.2, -0.15) is 0 Å². The number of morpholine rings is 1. The van der Waals surface area contributed by atoms with Gasteiger partial charge in [-0.1, -0.05) is 37.3 Å². The lowest BCUT2D eigenvalue weighted by molar-refractivity contribution is -0.125. The molecule has 0 bridgehead atoms. The molecule has 1 fully saturated rings. The number of hydrogen-bond acceptors (Lipinski definition) is 4. The van der Waals surface area contributed by atoms with Gasteiger partial charge in [-0.25, -0.2) is 0 Å². The zero-order valence-corrected chi connectivity index (χ0v) is 15.1. The van der Waals surface area contributed by atoms with Crippen LogP contribution in [0.4, 0.5) is 0 Å². The van der Waals surface area contributed by atoms with Crippen LogP contribution in [-0.4, -0.2) is 50.2 Å². The van der Waals surface area contributed by atoms with E-state index in [1.165, 1.54) is 0 Å². The Morgan fingerprint density at radius 1 is 1.26 bits per heavy atom. The molecule has 5 nitrogen and oxygen atoms in total. The van der Waals surface area contributed by atoms with Gasteiger partial charge in [0.15, 0.2) is 0 Å². The minimum Gasteiger partial charge on any atom is -0.379 e. The molecule has 0 radical (unpaired) electrons. The Hall–Kier alpha value is -0.850. The quantitative estimate of drug-likeness (QED) is 0.805. The third-order valence-electron chi connectivity index (χ3n) is 3.86. The molecule has 1 aliphatic rings. The molecule has 3 N–H and O–H groups in total. The smallest absolute Gasteiger partial charge is 0.224 e. The van der Waals surface area contributed by atoms with E-state index in [0.29, 0.717) is 6.54 Å². The van der Waals surface area contributed by atoms with Gasteiger partial charge < -0.3 is 15.8 Å². The van der Waals surface area contributed by atoms with Crippen molar-refractivity contribution < 1.29 is 9.53 Å². The van der Waals surface area contributed by atoms with Crippen molar-refractivity contribution in [1.82, 2.24) is 10.2 Å². The summed E-state index contributed by atoms with van der Waals surface area (Å²) in [7, 11) is 0. The lowest BCUT2D eigenvalue weighted by Crippen LogP contribution is -2.44. The lowest BCUT2D eigenvalue weighted by Gasteiger charge is -2.31. The largest absolute Gasteiger partial charge is 0.379 e. The molecule has 1 heterocycles. The first kappa shape index (κ1) is 22.1. The molecule has 1 aromatic carbocycles. The Morgan fingerprint density at radius 2 is 1.87 bits per heavy atom. The van der Waals surface area contributed by atoms with Crippen molar-refractivity contribution in [2.24, 2.45) is 11.7 Å². The number of nitrogens with zero attached hydrogens (tertiary/aromatic N) is 1. The van der Waals surface area contributed by atoms with Gasteiger partial charge in [0, 0.05) is 32.1 Å². The molecular weight excluding hydrogens is 337 g/mol. The van der Waals surface area contributed by atoms with Gasteiger partial charge in [-0.15, -0.1) is 24.8 Å². The van der Waals surface area contributed by atoms with Crippen LogP contribution in [0, 0.1) is 5.92 Å². The average molecular weight is 364 g/mol. The van der Waals surface area contributed by atoms with E-state index in [9.17, 15) is 4.79 Å². The van der Waals surface area contributed by atoms with Crippen LogP contribution in [0.25, 0.3) is 0 Å². The Kier molecular flexibility index (Phi) is 11.2. The van der Waals surface area contributed by atoms with Gasteiger partial charge in [0.2, 0.25) is 5.91 Å². The number of nitrogens with two attached hydrogens (primary N) is 1. The van der Waals surface area contributed by atoms with E-state index in [2.05, 4.69) is 22.3 Å². The summed E-state index contributed by atoms with van der Waals surface area (Å²) in [5, 5.41) is 3.13. The molecular formula is C16H27Cl2N3O2. The van der Waals surface area contributed by atoms with E-state index in [-0.39, 0.29) is 42.7 Å². The second-order valence-corrected chi connectivity index (χ2v) is 5.52. The van der Waals surface area contributed by atoms with Crippen LogP contribution in [-0.2, 0) is 9.53 Å². The first-order valence-electron chi connectivity index (χ1n) is 7.56. The minimum atomic E-state index is -0.166. The summed E-state index contributed by atoms with van der Waals surface area (Å²) >= 11 is 0. The maximum Gasteiger partial charge on any atom is 0.224 e. The standard InChI is InChI=1S/C16H25N3O2.2ClH/c1-13(11-17)16(20)18-15(14-5-3-2-4-6-14)12-19-7-9-21-10-8-19;;/h2-6,13,15H,7-12,17H2,1H3,(H,18,20);2*1H. The van der Waals surface area contributed by atoms with Crippen molar-refractivity contribution >= 4 is 30.7 Å². The number of benzene rings is 1. The number of halogens is 2. The summed E-state index contributed by atoms with van der Waals surface area (Å²) in [6, 6.07) is 10.1. The zero-order chi connectivity index (χ0) is 15.1. The van der Waals surface area contributed by atoms with Crippen LogP contribution in [0.15, 0.2) is 30.3 Å². The first-order valence-corrected chi connectivity index (χ1v) is 7.56. The van der Waals surface area contributed by atoms with Crippen LogP contribution in [0.1, 0.15) is 18.5 Å². The van der Waals surface area contributed by atoms with Crippen LogP contribution in [0.3, 0.4) is 0 Å². The Morgan fingerprint density at radius 3 is 2.43 bits per heavy atom. The molecule has 1 aromatic rings. The van der Waals surface area contributed by atoms with Crippen molar-refractivity contribution in [2.45, 2.75) is 13.0 Å². The molecule has 0 saturated carbocycles. The minimum absolute atomic E-state index is 0. The first-order chi connectivity index (χ1) is 10.2. The summed E-state index contributed by atoms with van der Waals surface area (Å²) < 4.78 is 5.38. The van der Waals surface area contributed by atoms with Crippen molar-refractivity contribution in [2.75, 3.05) is 39.4 Å². The van der Waals surface area contributed by atoms with Crippen LogP contribution in [0.2, 0.25) is 0 Å². The second-order valence-electron chi connectivity index (χ2n) is 5.52. The fourth-order valence-electron chi connectivity index (χ4n) is 2.38. The topological polar surface area (TPSA) is 67.6 Å². The van der Waals surface area contributed by atoms with Crippen molar-refractivity contribution in [3.05, 3.63) is 35.9 Å². The van der Waals surface area contributed by atoms with Gasteiger partial charge in [0.05, 0.1) is 19.3 Å². The molecule has 1 amide bonds. The molecule has 1 saturated heterocycles. The average Bonchev–Trinajstić information content (AvgIpc) is 2.55. The fraction of sp³-hybridized carbons (Fsp3) is 0.562. The number of carbonyl (C=O) groups is 1. The summed E-state index contributed by atoms with van der Waals surface area (Å²) in [6.45, 7) is 6.36. The van der Waals surface area contributed by atoms with Crippen molar-refractivity contribution in [1.29, 1.82) is 0 Å². The SMILES string of the molecule is CC(CN)C(=O)NC(CN1CCOCC1)c1ccccc1.Cl.Cl. The van der Waals surface area contributed by atoms with E-state index in [1.54, 1.807) is 0 Å². The Balaban J connectivity index is 0.00000242. The van der Waals surface area contributed by atoms with Crippen molar-refractivity contribution in [3.63, 3.8) is 0 Å². The van der Waals surface area contributed by atoms with Gasteiger partial charge in [0.1, 0.15) is 0 Å². The number of amides is 1. The third kappa shape index (κ3) is 7.06. The van der Waals surface area contributed by atoms with Crippen LogP contribution in [0.5, 0.6) is 0 Å². The summed E-state index contributed by atoms with van der Waals surface area (Å²) in [5.41, 5.74) is 6.71. The molecule has 2 atom stereocenters. The molecule has 1 aliphatic heterocycles. The molecule has 0 aromatic heterocycles. The third-order valence-corrected chi connectivity index (χ3v) is 3.86. The van der Waals surface area contributed by atoms with Crippen LogP contribution >= 0.6 is 24.8 Å². The maximum absolute atomic E-state index is 12.2. The Bertz CT molecular complexity index is 442. The predicted octanol–water partition coefficient (Wildman–Crippen LogP) is 1.61. The number of hydrogen-bond donors (Lipinski definition) is 2. The second kappa shape index (κ2) is 11.6. The maximum atomic E-state index is 12.2. The zero-order valence-electron chi connectivity index (χ0n) is 13.4. The van der Waals surface area contributed by atoms with Crippen LogP contribution < -0.4 is 11.1 Å². The highest BCUT2D eigenvalue weighted by Gasteiger charge is 2.21. The predicted molar refractivity (Wildman–Crippen MR) is 97.3 cm³/mol. The lowest BCUT2D eigenvalue weighted by atomic mass is 10.0. The van der Waals surface area contributed by atoms with Gasteiger partial charge in [-0.3, -0.25) is 9.69 Å². The highest BCUT2D eigenvalue weighted by atomic mass is 35.5. The molecule has 2 rings (SSSR count). The fourth-order valence-corrected chi connectivity index (χ4v) is 2.38. The van der Waals surface area contributed by atoms with E-state index in [0.717, 1.165) is 38.4 Å². The van der Waals surface area contributed by atoms with E-state index in [1.807, 2.05) is 25.1 Å². The number of rotatable bonds is 6. The van der Waals surface area contributed by atoms with E-state index >= 15 is 0 Å². The number of ether oxygens (including phenoxy) is 1. The van der Waals surface area contributed by atoms with Gasteiger partial charge >= 0.3 is 0 Å². The highest BCUT2D eigenvalue weighted by Crippen LogP contribution is 2.16. The molecule has 23 heavy (non-hydrogen) atoms. The summed E-state index contributed by atoms with van der Waals surface area (Å²) in [4.78, 5) is 14.5. The van der Waals surface area contributed by atoms with Gasteiger partial charge in [0.25, 0.3) is 0 Å².